The van der Waals surface area contributed by atoms with Gasteiger partial charge in [0.05, 0.1) is 6.42 Å². The summed E-state index contributed by atoms with van der Waals surface area (Å²) in [6.45, 7) is 5.49. The molecule has 0 atom stereocenters. The lowest BCUT2D eigenvalue weighted by Crippen LogP contribution is -2.23. The Morgan fingerprint density at radius 1 is 1.12 bits per heavy atom. The summed E-state index contributed by atoms with van der Waals surface area (Å²) in [6, 6.07) is 7.27. The van der Waals surface area contributed by atoms with Crippen molar-refractivity contribution in [3.8, 4) is 0 Å². The summed E-state index contributed by atoms with van der Waals surface area (Å²) in [5.41, 5.74) is 0.164. The van der Waals surface area contributed by atoms with E-state index in [2.05, 4.69) is 22.6 Å². The summed E-state index contributed by atoms with van der Waals surface area (Å²) < 4.78 is 1.08. The summed E-state index contributed by atoms with van der Waals surface area (Å²) in [7, 11) is 0. The molecule has 0 aliphatic carbocycles. The molecule has 86 valence electrons. The van der Waals surface area contributed by atoms with E-state index in [9.17, 15) is 9.59 Å². The molecule has 0 aliphatic heterocycles. The van der Waals surface area contributed by atoms with Crippen LogP contribution in [0.25, 0.3) is 0 Å². The molecule has 0 amide bonds. The normalized spacial score (nSPS) is 11.2. The van der Waals surface area contributed by atoms with Crippen molar-refractivity contribution in [1.82, 2.24) is 0 Å². The van der Waals surface area contributed by atoms with Crippen LogP contribution in [0.1, 0.15) is 37.6 Å². The van der Waals surface area contributed by atoms with Gasteiger partial charge in [0.2, 0.25) is 0 Å². The SMILES string of the molecule is CC(C)(C)C(=O)CC(=O)c1ccc(I)cc1. The predicted molar refractivity (Wildman–Crippen MR) is 72.6 cm³/mol. The topological polar surface area (TPSA) is 34.1 Å². The quantitative estimate of drug-likeness (QED) is 0.483. The van der Waals surface area contributed by atoms with Gasteiger partial charge in [-0.1, -0.05) is 32.9 Å². The largest absolute Gasteiger partial charge is 0.299 e. The van der Waals surface area contributed by atoms with Crippen LogP contribution >= 0.6 is 22.6 Å². The Morgan fingerprint density at radius 2 is 1.62 bits per heavy atom. The van der Waals surface area contributed by atoms with Crippen LogP contribution in [0.15, 0.2) is 24.3 Å². The van der Waals surface area contributed by atoms with E-state index >= 15 is 0 Å². The maximum absolute atomic E-state index is 11.8. The lowest BCUT2D eigenvalue weighted by molar-refractivity contribution is -0.125. The van der Waals surface area contributed by atoms with E-state index in [4.69, 9.17) is 0 Å². The van der Waals surface area contributed by atoms with Crippen LogP contribution in [0, 0.1) is 8.99 Å². The molecule has 0 saturated carbocycles. The predicted octanol–water partition coefficient (Wildman–Crippen LogP) is 3.48. The summed E-state index contributed by atoms with van der Waals surface area (Å²) in [4.78, 5) is 23.5. The van der Waals surface area contributed by atoms with Crippen LogP contribution in [0.4, 0.5) is 0 Å². The Labute approximate surface area is 110 Å². The number of hydrogen-bond donors (Lipinski definition) is 0. The van der Waals surface area contributed by atoms with E-state index in [1.54, 1.807) is 12.1 Å². The van der Waals surface area contributed by atoms with Gasteiger partial charge in [-0.15, -0.1) is 0 Å². The number of Topliss-reactive ketones (excluding diaryl/α,β-unsaturated/α-hetero) is 2. The first-order chi connectivity index (χ1) is 7.30. The van der Waals surface area contributed by atoms with Gasteiger partial charge in [-0.05, 0) is 34.7 Å². The number of halogens is 1. The van der Waals surface area contributed by atoms with Crippen LogP contribution in [-0.2, 0) is 4.79 Å². The number of rotatable bonds is 3. The molecule has 1 rings (SSSR count). The molecule has 0 radical (unpaired) electrons. The zero-order chi connectivity index (χ0) is 12.3. The molecule has 0 unspecified atom stereocenters. The maximum Gasteiger partial charge on any atom is 0.170 e. The smallest absolute Gasteiger partial charge is 0.170 e. The fourth-order valence-electron chi connectivity index (χ4n) is 1.15. The van der Waals surface area contributed by atoms with Gasteiger partial charge in [0.25, 0.3) is 0 Å². The van der Waals surface area contributed by atoms with Gasteiger partial charge in [-0.25, -0.2) is 0 Å². The third-order valence-electron chi connectivity index (χ3n) is 2.32. The summed E-state index contributed by atoms with van der Waals surface area (Å²) >= 11 is 2.18. The Hall–Kier alpha value is -0.710. The average Bonchev–Trinajstić information content (AvgIpc) is 2.17. The van der Waals surface area contributed by atoms with Crippen molar-refractivity contribution >= 4 is 34.2 Å². The Bertz CT molecular complexity index is 399. The van der Waals surface area contributed by atoms with E-state index in [0.717, 1.165) is 3.57 Å². The number of ketones is 2. The Morgan fingerprint density at radius 3 is 2.06 bits per heavy atom. The van der Waals surface area contributed by atoms with Crippen molar-refractivity contribution in [2.24, 2.45) is 5.41 Å². The highest BCUT2D eigenvalue weighted by molar-refractivity contribution is 14.1. The monoisotopic (exact) mass is 330 g/mol. The number of carbonyl (C=O) groups is 2. The molecule has 0 N–H and O–H groups in total. The molecule has 2 nitrogen and oxygen atoms in total. The number of benzene rings is 1. The molecule has 0 heterocycles. The number of hydrogen-bond acceptors (Lipinski definition) is 2. The van der Waals surface area contributed by atoms with Crippen molar-refractivity contribution in [2.75, 3.05) is 0 Å². The molecule has 0 aromatic heterocycles. The van der Waals surface area contributed by atoms with Crippen LogP contribution in [0.3, 0.4) is 0 Å². The number of carbonyl (C=O) groups excluding carboxylic acids is 2. The van der Waals surface area contributed by atoms with E-state index in [-0.39, 0.29) is 18.0 Å². The van der Waals surface area contributed by atoms with Gasteiger partial charge in [0.1, 0.15) is 5.78 Å². The van der Waals surface area contributed by atoms with Crippen molar-refractivity contribution in [1.29, 1.82) is 0 Å². The molecule has 3 heteroatoms. The van der Waals surface area contributed by atoms with Gasteiger partial charge in [-0.2, -0.15) is 0 Å². The van der Waals surface area contributed by atoms with Gasteiger partial charge in [0, 0.05) is 14.5 Å². The molecule has 0 fully saturated rings. The third kappa shape index (κ3) is 3.70. The summed E-state index contributed by atoms with van der Waals surface area (Å²) in [6.07, 6.45) is -0.00983. The van der Waals surface area contributed by atoms with Crippen LogP contribution in [0.2, 0.25) is 0 Å². The lowest BCUT2D eigenvalue weighted by Gasteiger charge is -2.15. The fraction of sp³-hybridized carbons (Fsp3) is 0.385. The highest BCUT2D eigenvalue weighted by Crippen LogP contribution is 2.18. The first-order valence-corrected chi connectivity index (χ1v) is 6.20. The second kappa shape index (κ2) is 5.08. The van der Waals surface area contributed by atoms with Gasteiger partial charge >= 0.3 is 0 Å². The average molecular weight is 330 g/mol. The van der Waals surface area contributed by atoms with E-state index in [0.29, 0.717) is 5.56 Å². The molecule has 0 spiro atoms. The summed E-state index contributed by atoms with van der Waals surface area (Å²) in [5.74, 6) is -0.118. The molecular weight excluding hydrogens is 315 g/mol. The zero-order valence-electron chi connectivity index (χ0n) is 9.71. The second-order valence-electron chi connectivity index (χ2n) is 4.78. The molecule has 0 saturated heterocycles. The standard InChI is InChI=1S/C13H15IO2/c1-13(2,3)12(16)8-11(15)9-4-6-10(14)7-5-9/h4-7H,8H2,1-3H3. The van der Waals surface area contributed by atoms with Crippen LogP contribution in [-0.4, -0.2) is 11.6 Å². The highest BCUT2D eigenvalue weighted by atomic mass is 127. The van der Waals surface area contributed by atoms with Crippen LogP contribution in [0.5, 0.6) is 0 Å². The minimum Gasteiger partial charge on any atom is -0.299 e. The minimum atomic E-state index is -0.446. The lowest BCUT2D eigenvalue weighted by atomic mass is 9.87. The Balaban J connectivity index is 2.74. The second-order valence-corrected chi connectivity index (χ2v) is 6.03. The van der Waals surface area contributed by atoms with E-state index in [1.165, 1.54) is 0 Å². The molecule has 16 heavy (non-hydrogen) atoms. The van der Waals surface area contributed by atoms with Crippen molar-refractivity contribution in [3.05, 3.63) is 33.4 Å². The first kappa shape index (κ1) is 13.4. The molecule has 0 aliphatic rings. The van der Waals surface area contributed by atoms with Crippen LogP contribution < -0.4 is 0 Å². The fourth-order valence-corrected chi connectivity index (χ4v) is 1.51. The first-order valence-electron chi connectivity index (χ1n) is 5.13. The maximum atomic E-state index is 11.8. The molecular formula is C13H15IO2. The highest BCUT2D eigenvalue weighted by Gasteiger charge is 2.23. The third-order valence-corrected chi connectivity index (χ3v) is 3.04. The van der Waals surface area contributed by atoms with E-state index in [1.807, 2.05) is 32.9 Å². The van der Waals surface area contributed by atoms with Gasteiger partial charge in [-0.3, -0.25) is 9.59 Å². The van der Waals surface area contributed by atoms with Gasteiger partial charge in [0.15, 0.2) is 5.78 Å². The molecule has 0 bridgehead atoms. The van der Waals surface area contributed by atoms with E-state index < -0.39 is 5.41 Å². The Kier molecular flexibility index (Phi) is 4.24. The molecule has 1 aromatic carbocycles. The van der Waals surface area contributed by atoms with Crippen molar-refractivity contribution < 1.29 is 9.59 Å². The zero-order valence-corrected chi connectivity index (χ0v) is 11.9. The minimum absolute atomic E-state index is 0.00983. The molecule has 1 aromatic rings. The summed E-state index contributed by atoms with van der Waals surface area (Å²) in [5, 5.41) is 0. The van der Waals surface area contributed by atoms with Crippen molar-refractivity contribution in [3.63, 3.8) is 0 Å². The van der Waals surface area contributed by atoms with Crippen molar-refractivity contribution in [2.45, 2.75) is 27.2 Å². The van der Waals surface area contributed by atoms with Gasteiger partial charge < -0.3 is 0 Å².